The van der Waals surface area contributed by atoms with E-state index in [1.807, 2.05) is 0 Å². The van der Waals surface area contributed by atoms with Crippen LogP contribution in [0.1, 0.15) is 37.7 Å². The average Bonchev–Trinajstić information content (AvgIpc) is 2.57. The van der Waals surface area contributed by atoms with Crippen molar-refractivity contribution < 1.29 is 0 Å². The maximum Gasteiger partial charge on any atom is 0.0497 e. The number of likely N-dealkylation sites (tertiary alicyclic amines) is 1. The van der Waals surface area contributed by atoms with Crippen molar-refractivity contribution in [2.45, 2.75) is 43.7 Å². The largest absolute Gasteiger partial charge is 0.293 e. The quantitative estimate of drug-likeness (QED) is 0.351. The first kappa shape index (κ1) is 14.2. The van der Waals surface area contributed by atoms with Crippen molar-refractivity contribution in [3.8, 4) is 0 Å². The summed E-state index contributed by atoms with van der Waals surface area (Å²) in [6.07, 6.45) is 9.99. The molecule has 0 amide bonds. The lowest BCUT2D eigenvalue weighted by Crippen LogP contribution is -2.50. The molecular weight excluding hydrogens is 260 g/mol. The molecule has 1 unspecified atom stereocenters. The van der Waals surface area contributed by atoms with Crippen LogP contribution in [0.3, 0.4) is 0 Å². The van der Waals surface area contributed by atoms with Crippen molar-refractivity contribution in [1.29, 1.82) is 0 Å². The molecule has 1 aliphatic carbocycles. The molecule has 110 valence electrons. The van der Waals surface area contributed by atoms with E-state index in [2.05, 4.69) is 57.4 Å². The van der Waals surface area contributed by atoms with Gasteiger partial charge in [-0.3, -0.25) is 4.90 Å². The predicted molar refractivity (Wildman–Crippen MR) is 84.9 cm³/mol. The fraction of sp³-hybridized carbons (Fsp3) is 0.529. The van der Waals surface area contributed by atoms with Gasteiger partial charge < -0.3 is 0 Å². The van der Waals surface area contributed by atoms with E-state index in [-0.39, 0.29) is 11.6 Å². The van der Waals surface area contributed by atoms with E-state index in [9.17, 15) is 0 Å². The lowest BCUT2D eigenvalue weighted by atomic mass is 9.77. The molecule has 2 aliphatic rings. The molecular formula is C17H22N4. The zero-order chi connectivity index (χ0) is 14.5. The minimum Gasteiger partial charge on any atom is -0.293 e. The van der Waals surface area contributed by atoms with Gasteiger partial charge in [0.25, 0.3) is 0 Å². The van der Waals surface area contributed by atoms with Gasteiger partial charge in [-0.15, -0.1) is 0 Å². The summed E-state index contributed by atoms with van der Waals surface area (Å²) >= 11 is 0. The molecule has 0 saturated carbocycles. The number of rotatable bonds is 3. The summed E-state index contributed by atoms with van der Waals surface area (Å²) in [7, 11) is 0. The van der Waals surface area contributed by atoms with Crippen molar-refractivity contribution in [2.75, 3.05) is 13.1 Å². The van der Waals surface area contributed by atoms with Crippen LogP contribution >= 0.6 is 0 Å². The van der Waals surface area contributed by atoms with Crippen molar-refractivity contribution in [3.63, 3.8) is 0 Å². The second-order valence-corrected chi connectivity index (χ2v) is 6.03. The van der Waals surface area contributed by atoms with E-state index >= 15 is 0 Å². The first-order valence-electron chi connectivity index (χ1n) is 7.85. The fourth-order valence-electron chi connectivity index (χ4n) is 3.78. The van der Waals surface area contributed by atoms with Crippen LogP contribution < -0.4 is 0 Å². The minimum absolute atomic E-state index is 0.136. The lowest BCUT2D eigenvalue weighted by Gasteiger charge is -2.48. The molecule has 1 aliphatic heterocycles. The molecule has 0 N–H and O–H groups in total. The smallest absolute Gasteiger partial charge is 0.0497 e. The number of benzene rings is 1. The summed E-state index contributed by atoms with van der Waals surface area (Å²) in [5, 5.41) is 3.90. The Hall–Kier alpha value is -1.77. The van der Waals surface area contributed by atoms with Gasteiger partial charge in [0.15, 0.2) is 0 Å². The topological polar surface area (TPSA) is 52.0 Å². The van der Waals surface area contributed by atoms with Crippen LogP contribution in [-0.2, 0) is 5.54 Å². The normalized spacial score (nSPS) is 27.2. The van der Waals surface area contributed by atoms with E-state index in [1.165, 1.54) is 12.0 Å². The van der Waals surface area contributed by atoms with Gasteiger partial charge >= 0.3 is 0 Å². The highest BCUT2D eigenvalue weighted by Gasteiger charge is 2.39. The van der Waals surface area contributed by atoms with Crippen LogP contribution in [0.2, 0.25) is 0 Å². The van der Waals surface area contributed by atoms with Crippen molar-refractivity contribution >= 4 is 0 Å². The summed E-state index contributed by atoms with van der Waals surface area (Å²) in [5.74, 6) is 0. The van der Waals surface area contributed by atoms with Gasteiger partial charge in [-0.2, -0.15) is 0 Å². The van der Waals surface area contributed by atoms with Crippen molar-refractivity contribution in [2.24, 2.45) is 5.11 Å². The summed E-state index contributed by atoms with van der Waals surface area (Å²) < 4.78 is 0. The predicted octanol–water partition coefficient (Wildman–Crippen LogP) is 4.40. The van der Waals surface area contributed by atoms with Gasteiger partial charge in [0, 0.05) is 16.5 Å². The third kappa shape index (κ3) is 2.82. The molecule has 0 radical (unpaired) electrons. The zero-order valence-corrected chi connectivity index (χ0v) is 12.4. The van der Waals surface area contributed by atoms with Gasteiger partial charge in [-0.25, -0.2) is 0 Å². The summed E-state index contributed by atoms with van der Waals surface area (Å²) in [5.41, 5.74) is 10.2. The maximum absolute atomic E-state index is 8.60. The van der Waals surface area contributed by atoms with Crippen LogP contribution in [0.15, 0.2) is 47.6 Å². The molecule has 1 atom stereocenters. The van der Waals surface area contributed by atoms with Crippen molar-refractivity contribution in [3.05, 3.63) is 58.5 Å². The van der Waals surface area contributed by atoms with Crippen LogP contribution in [0, 0.1) is 0 Å². The van der Waals surface area contributed by atoms with E-state index in [0.717, 1.165) is 38.8 Å². The summed E-state index contributed by atoms with van der Waals surface area (Å²) in [6, 6.07) is 11.1. The van der Waals surface area contributed by atoms with Gasteiger partial charge in [-0.05, 0) is 56.3 Å². The third-order valence-electron chi connectivity index (χ3n) is 4.94. The fourth-order valence-corrected chi connectivity index (χ4v) is 3.78. The Morgan fingerprint density at radius 1 is 1.14 bits per heavy atom. The Bertz CT molecular complexity index is 539. The molecule has 1 saturated heterocycles. The Labute approximate surface area is 126 Å². The van der Waals surface area contributed by atoms with Crippen molar-refractivity contribution in [1.82, 2.24) is 4.90 Å². The maximum atomic E-state index is 8.60. The van der Waals surface area contributed by atoms with E-state index in [1.54, 1.807) is 0 Å². The molecule has 1 aromatic rings. The molecule has 4 nitrogen and oxygen atoms in total. The molecule has 4 heteroatoms. The first-order valence-corrected chi connectivity index (χ1v) is 7.85. The Kier molecular flexibility index (Phi) is 4.28. The van der Waals surface area contributed by atoms with E-state index in [4.69, 9.17) is 5.53 Å². The summed E-state index contributed by atoms with van der Waals surface area (Å²) in [4.78, 5) is 5.59. The number of azide groups is 1. The van der Waals surface area contributed by atoms with Gasteiger partial charge in [-0.1, -0.05) is 47.6 Å². The number of allylic oxidation sites excluding steroid dienone is 1. The summed E-state index contributed by atoms with van der Waals surface area (Å²) in [6.45, 7) is 2.04. The first-order chi connectivity index (χ1) is 10.3. The second kappa shape index (κ2) is 6.33. The Balaban J connectivity index is 1.84. The average molecular weight is 282 g/mol. The minimum atomic E-state index is 0.136. The number of hydrogen-bond acceptors (Lipinski definition) is 2. The van der Waals surface area contributed by atoms with Gasteiger partial charge in [0.05, 0.1) is 0 Å². The monoisotopic (exact) mass is 282 g/mol. The lowest BCUT2D eigenvalue weighted by molar-refractivity contribution is 0.0495. The van der Waals surface area contributed by atoms with Crippen LogP contribution in [0.25, 0.3) is 10.4 Å². The standard InChI is InChI=1S/C17H22N4/c18-20-19-16-9-13-21(14-10-16)17(11-5-2-6-12-17)15-7-3-1-4-8-15/h1-5,7-8,16H,6,9-14H2. The highest BCUT2D eigenvalue weighted by molar-refractivity contribution is 5.27. The molecule has 0 aromatic heterocycles. The van der Waals surface area contributed by atoms with E-state index in [0.29, 0.717) is 0 Å². The Morgan fingerprint density at radius 3 is 2.52 bits per heavy atom. The van der Waals surface area contributed by atoms with Crippen LogP contribution in [0.5, 0.6) is 0 Å². The number of piperidine rings is 1. The molecule has 0 bridgehead atoms. The highest BCUT2D eigenvalue weighted by Crippen LogP contribution is 2.41. The molecule has 3 rings (SSSR count). The van der Waals surface area contributed by atoms with Crippen LogP contribution in [0.4, 0.5) is 0 Å². The molecule has 1 heterocycles. The van der Waals surface area contributed by atoms with E-state index < -0.39 is 0 Å². The second-order valence-electron chi connectivity index (χ2n) is 6.03. The number of hydrogen-bond donors (Lipinski definition) is 0. The molecule has 1 fully saturated rings. The highest BCUT2D eigenvalue weighted by atomic mass is 15.2. The zero-order valence-electron chi connectivity index (χ0n) is 12.4. The number of nitrogens with zero attached hydrogens (tertiary/aromatic N) is 4. The molecule has 1 aromatic carbocycles. The Morgan fingerprint density at radius 2 is 1.90 bits per heavy atom. The third-order valence-corrected chi connectivity index (χ3v) is 4.94. The molecule has 0 spiro atoms. The molecule has 21 heavy (non-hydrogen) atoms. The van der Waals surface area contributed by atoms with Gasteiger partial charge in [0.1, 0.15) is 0 Å². The van der Waals surface area contributed by atoms with Crippen LogP contribution in [-0.4, -0.2) is 24.0 Å². The van der Waals surface area contributed by atoms with Gasteiger partial charge in [0.2, 0.25) is 0 Å². The SMILES string of the molecule is [N-]=[N+]=NC1CCN(C2(c3ccccc3)CC=CCC2)CC1.